The topological polar surface area (TPSA) is 27.7 Å². The van der Waals surface area contributed by atoms with Crippen molar-refractivity contribution in [1.29, 1.82) is 0 Å². The van der Waals surface area contributed by atoms with Gasteiger partial charge in [-0.3, -0.25) is 0 Å². The van der Waals surface area contributed by atoms with Crippen LogP contribution < -0.4 is 0 Å². The van der Waals surface area contributed by atoms with E-state index in [-0.39, 0.29) is 6.29 Å². The molecule has 0 unspecified atom stereocenters. The summed E-state index contributed by atoms with van der Waals surface area (Å²) in [5.41, 5.74) is 0. The fourth-order valence-corrected chi connectivity index (χ4v) is 1.27. The van der Waals surface area contributed by atoms with Crippen LogP contribution in [0.4, 0.5) is 0 Å². The molecular weight excluding hydrogens is 196 g/mol. The number of unbranched alkanes of at least 4 members (excludes halogenated alkanes) is 2. The van der Waals surface area contributed by atoms with E-state index in [1.54, 1.807) is 0 Å². The normalized spacial score (nSPS) is 11.4. The zero-order valence-corrected chi connectivity index (χ0v) is 11.8. The summed E-state index contributed by atoms with van der Waals surface area (Å²) >= 11 is 0. The average Bonchev–Trinajstić information content (AvgIpc) is 2.18. The van der Waals surface area contributed by atoms with Gasteiger partial charge in [0, 0.05) is 13.2 Å². The minimum Gasteiger partial charge on any atom is -0.423 e. The van der Waals surface area contributed by atoms with Crippen LogP contribution in [0.2, 0.25) is 0 Å². The van der Waals surface area contributed by atoms with E-state index in [1.807, 2.05) is 0 Å². The van der Waals surface area contributed by atoms with Gasteiger partial charge in [0.1, 0.15) is 10.5 Å². The Labute approximate surface area is 90.7 Å². The smallest absolute Gasteiger partial charge is 0.179 e. The molecule has 0 aromatic rings. The maximum Gasteiger partial charge on any atom is 0.179 e. The highest BCUT2D eigenvalue weighted by atomic mass is 28.2. The van der Waals surface area contributed by atoms with Crippen LogP contribution in [0, 0.1) is 0 Å². The fraction of sp³-hybridized carbons (Fsp3) is 1.00. The molecule has 0 heterocycles. The van der Waals surface area contributed by atoms with Crippen LogP contribution in [0.5, 0.6) is 0 Å². The molecule has 86 valence electrons. The van der Waals surface area contributed by atoms with Gasteiger partial charge in [0.15, 0.2) is 6.29 Å². The van der Waals surface area contributed by atoms with Crippen LogP contribution >= 0.6 is 0 Å². The van der Waals surface area contributed by atoms with Crippen LogP contribution in [0.3, 0.4) is 0 Å². The van der Waals surface area contributed by atoms with Gasteiger partial charge in [-0.15, -0.1) is 0 Å². The quantitative estimate of drug-likeness (QED) is 0.315. The van der Waals surface area contributed by atoms with Gasteiger partial charge in [0.25, 0.3) is 0 Å². The molecule has 0 radical (unpaired) electrons. The van der Waals surface area contributed by atoms with Crippen molar-refractivity contribution in [2.45, 2.75) is 45.8 Å². The predicted molar refractivity (Wildman–Crippen MR) is 61.4 cm³/mol. The summed E-state index contributed by atoms with van der Waals surface area (Å²) in [7, 11) is 0.746. The molecule has 0 aliphatic carbocycles. The number of hydrogen-bond acceptors (Lipinski definition) is 3. The minimum absolute atomic E-state index is 0.148. The highest BCUT2D eigenvalue weighted by molar-refractivity contribution is 5.97. The van der Waals surface area contributed by atoms with E-state index in [4.69, 9.17) is 13.9 Å². The lowest BCUT2D eigenvalue weighted by molar-refractivity contribution is -0.158. The van der Waals surface area contributed by atoms with Crippen LogP contribution in [-0.2, 0) is 13.9 Å². The van der Waals surface area contributed by atoms with E-state index >= 15 is 0 Å². The molecule has 0 rings (SSSR count). The van der Waals surface area contributed by atoms with Gasteiger partial charge in [-0.1, -0.05) is 26.7 Å². The van der Waals surface area contributed by atoms with Crippen molar-refractivity contribution in [2.75, 3.05) is 19.8 Å². The first-order chi connectivity index (χ1) is 6.85. The Kier molecular flexibility index (Phi) is 11.3. The molecule has 0 N–H and O–H groups in total. The molecular formula is C10H24O3Si. The number of hydrogen-bond donors (Lipinski definition) is 0. The standard InChI is InChI=1S/C10H24O3Si/c1-3-5-7-11-10(9-13-14)12-8-6-4-2/h10H,3-9H2,1-2,14H3. The second-order valence-corrected chi connectivity index (χ2v) is 3.91. The molecule has 4 heteroatoms. The SMILES string of the molecule is CCCCOC(CO[SiH3])OCCCC. The third-order valence-corrected chi connectivity index (χ3v) is 2.24. The molecule has 0 saturated heterocycles. The zero-order valence-electron chi connectivity index (χ0n) is 9.75. The lowest BCUT2D eigenvalue weighted by Gasteiger charge is -2.17. The Hall–Kier alpha value is 0.0969. The monoisotopic (exact) mass is 220 g/mol. The molecule has 0 fully saturated rings. The largest absolute Gasteiger partial charge is 0.423 e. The molecule has 0 aliphatic rings. The second kappa shape index (κ2) is 11.2. The van der Waals surface area contributed by atoms with Crippen molar-refractivity contribution in [3.05, 3.63) is 0 Å². The maximum absolute atomic E-state index is 5.54. The van der Waals surface area contributed by atoms with Crippen molar-refractivity contribution < 1.29 is 13.9 Å². The molecule has 0 spiro atoms. The predicted octanol–water partition coefficient (Wildman–Crippen LogP) is 1.24. The molecule has 3 nitrogen and oxygen atoms in total. The molecule has 14 heavy (non-hydrogen) atoms. The molecule has 0 aromatic carbocycles. The Morgan fingerprint density at radius 3 is 1.86 bits per heavy atom. The third kappa shape index (κ3) is 8.68. The summed E-state index contributed by atoms with van der Waals surface area (Å²) in [5.74, 6) is 0. The first-order valence-electron chi connectivity index (χ1n) is 5.57. The van der Waals surface area contributed by atoms with Gasteiger partial charge in [0.05, 0.1) is 6.61 Å². The van der Waals surface area contributed by atoms with Crippen molar-refractivity contribution in [2.24, 2.45) is 0 Å². The molecule has 0 saturated carbocycles. The third-order valence-electron chi connectivity index (χ3n) is 1.91. The van der Waals surface area contributed by atoms with E-state index in [2.05, 4.69) is 13.8 Å². The summed E-state index contributed by atoms with van der Waals surface area (Å²) in [6.07, 6.45) is 4.35. The van der Waals surface area contributed by atoms with E-state index in [1.165, 1.54) is 0 Å². The van der Waals surface area contributed by atoms with Crippen molar-refractivity contribution in [3.8, 4) is 0 Å². The van der Waals surface area contributed by atoms with Gasteiger partial charge in [0.2, 0.25) is 0 Å². The van der Waals surface area contributed by atoms with E-state index in [0.717, 1.165) is 49.4 Å². The maximum atomic E-state index is 5.54. The number of ether oxygens (including phenoxy) is 2. The van der Waals surface area contributed by atoms with Gasteiger partial charge in [-0.05, 0) is 12.8 Å². The molecule has 0 atom stereocenters. The van der Waals surface area contributed by atoms with Crippen molar-refractivity contribution >= 4 is 10.5 Å². The van der Waals surface area contributed by atoms with Crippen LogP contribution in [0.15, 0.2) is 0 Å². The Bertz CT molecular complexity index is 102. The second-order valence-electron chi connectivity index (χ2n) is 3.33. The number of rotatable bonds is 10. The summed E-state index contributed by atoms with van der Waals surface area (Å²) in [6, 6.07) is 0. The lowest BCUT2D eigenvalue weighted by atomic mass is 10.3. The molecule has 0 aromatic heterocycles. The Morgan fingerprint density at radius 2 is 1.50 bits per heavy atom. The summed E-state index contributed by atoms with van der Waals surface area (Å²) in [6.45, 7) is 6.44. The minimum atomic E-state index is -0.148. The van der Waals surface area contributed by atoms with E-state index in [0.29, 0.717) is 6.61 Å². The van der Waals surface area contributed by atoms with Gasteiger partial charge in [-0.2, -0.15) is 0 Å². The summed E-state index contributed by atoms with van der Waals surface area (Å²) < 4.78 is 16.2. The van der Waals surface area contributed by atoms with Crippen molar-refractivity contribution in [3.63, 3.8) is 0 Å². The molecule has 0 bridgehead atoms. The zero-order chi connectivity index (χ0) is 10.6. The van der Waals surface area contributed by atoms with Gasteiger partial charge >= 0.3 is 0 Å². The Morgan fingerprint density at radius 1 is 1.00 bits per heavy atom. The van der Waals surface area contributed by atoms with Crippen molar-refractivity contribution in [1.82, 2.24) is 0 Å². The van der Waals surface area contributed by atoms with Gasteiger partial charge < -0.3 is 13.9 Å². The van der Waals surface area contributed by atoms with E-state index in [9.17, 15) is 0 Å². The van der Waals surface area contributed by atoms with Crippen LogP contribution in [0.1, 0.15) is 39.5 Å². The highest BCUT2D eigenvalue weighted by Crippen LogP contribution is 2.00. The fourth-order valence-electron chi connectivity index (χ4n) is 0.999. The summed E-state index contributed by atoms with van der Waals surface area (Å²) in [5, 5.41) is 0. The van der Waals surface area contributed by atoms with Crippen LogP contribution in [-0.4, -0.2) is 36.6 Å². The van der Waals surface area contributed by atoms with E-state index < -0.39 is 0 Å². The van der Waals surface area contributed by atoms with Gasteiger partial charge in [-0.25, -0.2) is 0 Å². The average molecular weight is 220 g/mol. The lowest BCUT2D eigenvalue weighted by Crippen LogP contribution is -2.24. The Balaban J connectivity index is 3.44. The first-order valence-corrected chi connectivity index (χ1v) is 6.38. The first kappa shape index (κ1) is 14.1. The molecule has 0 amide bonds. The molecule has 0 aliphatic heterocycles. The summed E-state index contributed by atoms with van der Waals surface area (Å²) in [4.78, 5) is 0. The van der Waals surface area contributed by atoms with Crippen LogP contribution in [0.25, 0.3) is 0 Å². The highest BCUT2D eigenvalue weighted by Gasteiger charge is 2.07.